The lowest BCUT2D eigenvalue weighted by Gasteiger charge is -2.16. The van der Waals surface area contributed by atoms with Gasteiger partial charge in [0.25, 0.3) is 0 Å². The minimum atomic E-state index is -0.172. The summed E-state index contributed by atoms with van der Waals surface area (Å²) in [6.07, 6.45) is 0.962. The minimum absolute atomic E-state index is 0.128. The van der Waals surface area contributed by atoms with E-state index in [1.54, 1.807) is 11.9 Å². The van der Waals surface area contributed by atoms with Crippen molar-refractivity contribution in [2.45, 2.75) is 13.3 Å². The molecule has 0 aliphatic rings. The highest BCUT2D eigenvalue weighted by Gasteiger charge is 2.12. The molecule has 2 aromatic carbocycles. The van der Waals surface area contributed by atoms with Crippen LogP contribution < -0.4 is 10.6 Å². The first-order chi connectivity index (χ1) is 12.0. The summed E-state index contributed by atoms with van der Waals surface area (Å²) in [5.74, 6) is -0.324. The number of aryl methyl sites for hydroxylation is 1. The van der Waals surface area contributed by atoms with Crippen LogP contribution in [0.1, 0.15) is 12.5 Å². The number of carbonyl (C=O) groups is 2. The molecule has 0 fully saturated rings. The summed E-state index contributed by atoms with van der Waals surface area (Å²) in [5, 5.41) is 5.65. The molecule has 0 unspecified atom stereocenters. The summed E-state index contributed by atoms with van der Waals surface area (Å²) in [7, 11) is 1.74. The second-order valence-corrected chi connectivity index (χ2v) is 6.65. The van der Waals surface area contributed by atoms with Gasteiger partial charge in [-0.1, -0.05) is 31.2 Å². The number of hydrogen-bond acceptors (Lipinski definition) is 3. The molecule has 2 amide bonds. The summed E-state index contributed by atoms with van der Waals surface area (Å²) >= 11 is 3.39. The Morgan fingerprint density at radius 1 is 0.960 bits per heavy atom. The van der Waals surface area contributed by atoms with Gasteiger partial charge in [0.05, 0.1) is 18.8 Å². The molecule has 0 aliphatic heterocycles. The third-order valence-corrected chi connectivity index (χ3v) is 4.31. The van der Waals surface area contributed by atoms with Gasteiger partial charge in [0.2, 0.25) is 11.8 Å². The maximum Gasteiger partial charge on any atom is 0.238 e. The number of halogens is 1. The molecule has 0 bridgehead atoms. The molecule has 0 spiro atoms. The highest BCUT2D eigenvalue weighted by atomic mass is 79.9. The average Bonchev–Trinajstić information content (AvgIpc) is 2.57. The third-order valence-electron chi connectivity index (χ3n) is 3.62. The Morgan fingerprint density at radius 2 is 1.56 bits per heavy atom. The number of para-hydroxylation sites is 1. The van der Waals surface area contributed by atoms with Crippen LogP contribution >= 0.6 is 15.9 Å². The molecular formula is C19H22BrN3O2. The van der Waals surface area contributed by atoms with E-state index >= 15 is 0 Å². The molecule has 25 heavy (non-hydrogen) atoms. The Balaban J connectivity index is 1.80. The number of nitrogens with one attached hydrogen (secondary N) is 2. The predicted molar refractivity (Wildman–Crippen MR) is 105 cm³/mol. The largest absolute Gasteiger partial charge is 0.325 e. The maximum atomic E-state index is 12.1. The van der Waals surface area contributed by atoms with Crippen molar-refractivity contribution in [3.63, 3.8) is 0 Å². The average molecular weight is 404 g/mol. The van der Waals surface area contributed by atoms with Crippen molar-refractivity contribution >= 4 is 39.1 Å². The van der Waals surface area contributed by atoms with Gasteiger partial charge in [0, 0.05) is 10.2 Å². The molecule has 0 heterocycles. The second kappa shape index (κ2) is 9.34. The van der Waals surface area contributed by atoms with E-state index in [0.29, 0.717) is 5.69 Å². The van der Waals surface area contributed by atoms with Crippen LogP contribution in [0.5, 0.6) is 0 Å². The van der Waals surface area contributed by atoms with E-state index in [-0.39, 0.29) is 24.9 Å². The topological polar surface area (TPSA) is 61.4 Å². The standard InChI is InChI=1S/C19H22BrN3O2/c1-3-14-8-10-15(11-9-14)21-18(24)12-23(2)13-19(25)22-17-7-5-4-6-16(17)20/h4-11H,3,12-13H2,1-2H3,(H,21,24)(H,22,25). The van der Waals surface area contributed by atoms with Gasteiger partial charge in [-0.2, -0.15) is 0 Å². The number of benzene rings is 2. The Bertz CT molecular complexity index is 732. The maximum absolute atomic E-state index is 12.1. The zero-order valence-corrected chi connectivity index (χ0v) is 16.0. The number of likely N-dealkylation sites (N-methyl/N-ethyl adjacent to an activating group) is 1. The summed E-state index contributed by atoms with van der Waals surface area (Å²) in [6.45, 7) is 2.35. The van der Waals surface area contributed by atoms with Crippen molar-refractivity contribution in [1.29, 1.82) is 0 Å². The first-order valence-corrected chi connectivity index (χ1v) is 8.89. The molecule has 132 valence electrons. The van der Waals surface area contributed by atoms with Gasteiger partial charge >= 0.3 is 0 Å². The van der Waals surface area contributed by atoms with Crippen molar-refractivity contribution in [2.24, 2.45) is 0 Å². The summed E-state index contributed by atoms with van der Waals surface area (Å²) in [4.78, 5) is 25.8. The van der Waals surface area contributed by atoms with Crippen LogP contribution in [-0.2, 0) is 16.0 Å². The number of rotatable bonds is 7. The van der Waals surface area contributed by atoms with E-state index in [0.717, 1.165) is 16.6 Å². The van der Waals surface area contributed by atoms with Gasteiger partial charge in [0.15, 0.2) is 0 Å². The molecule has 6 heteroatoms. The first-order valence-electron chi connectivity index (χ1n) is 8.09. The lowest BCUT2D eigenvalue weighted by Crippen LogP contribution is -2.36. The van der Waals surface area contributed by atoms with Crippen LogP contribution in [0.3, 0.4) is 0 Å². The molecule has 0 radical (unpaired) electrons. The van der Waals surface area contributed by atoms with Crippen LogP contribution in [0.25, 0.3) is 0 Å². The van der Waals surface area contributed by atoms with E-state index in [4.69, 9.17) is 0 Å². The van der Waals surface area contributed by atoms with Crippen molar-refractivity contribution in [3.05, 3.63) is 58.6 Å². The fourth-order valence-electron chi connectivity index (χ4n) is 2.32. The summed E-state index contributed by atoms with van der Waals surface area (Å²) in [5.41, 5.74) is 2.69. The number of amides is 2. The molecule has 0 saturated carbocycles. The molecule has 0 saturated heterocycles. The van der Waals surface area contributed by atoms with Crippen molar-refractivity contribution < 1.29 is 9.59 Å². The first kappa shape index (κ1) is 19.1. The van der Waals surface area contributed by atoms with Gasteiger partial charge in [-0.25, -0.2) is 0 Å². The molecule has 0 aromatic heterocycles. The lowest BCUT2D eigenvalue weighted by molar-refractivity contribution is -0.119. The Labute approximate surface area is 156 Å². The third kappa shape index (κ3) is 6.32. The van der Waals surface area contributed by atoms with E-state index in [9.17, 15) is 9.59 Å². The van der Waals surface area contributed by atoms with Gasteiger partial charge in [0.1, 0.15) is 0 Å². The summed E-state index contributed by atoms with van der Waals surface area (Å²) < 4.78 is 0.819. The second-order valence-electron chi connectivity index (χ2n) is 5.80. The van der Waals surface area contributed by atoms with E-state index in [1.807, 2.05) is 48.5 Å². The molecular weight excluding hydrogens is 382 g/mol. The van der Waals surface area contributed by atoms with Crippen molar-refractivity contribution in [1.82, 2.24) is 4.90 Å². The zero-order chi connectivity index (χ0) is 18.2. The fourth-order valence-corrected chi connectivity index (χ4v) is 2.71. The molecule has 0 atom stereocenters. The number of carbonyl (C=O) groups excluding carboxylic acids is 2. The van der Waals surface area contributed by atoms with Crippen LogP contribution in [0.4, 0.5) is 11.4 Å². The summed E-state index contributed by atoms with van der Waals surface area (Å²) in [6, 6.07) is 15.2. The normalized spacial score (nSPS) is 10.6. The van der Waals surface area contributed by atoms with E-state index < -0.39 is 0 Å². The van der Waals surface area contributed by atoms with Gasteiger partial charge in [-0.15, -0.1) is 0 Å². The van der Waals surface area contributed by atoms with Crippen molar-refractivity contribution in [2.75, 3.05) is 30.8 Å². The Kier molecular flexibility index (Phi) is 7.16. The van der Waals surface area contributed by atoms with Crippen LogP contribution in [-0.4, -0.2) is 36.9 Å². The Morgan fingerprint density at radius 3 is 2.16 bits per heavy atom. The van der Waals surface area contributed by atoms with Crippen molar-refractivity contribution in [3.8, 4) is 0 Å². The molecule has 2 N–H and O–H groups in total. The molecule has 0 aliphatic carbocycles. The number of anilines is 2. The monoisotopic (exact) mass is 403 g/mol. The van der Waals surface area contributed by atoms with E-state index in [2.05, 4.69) is 33.5 Å². The van der Waals surface area contributed by atoms with Gasteiger partial charge < -0.3 is 10.6 Å². The number of nitrogens with zero attached hydrogens (tertiary/aromatic N) is 1. The van der Waals surface area contributed by atoms with Crippen LogP contribution in [0, 0.1) is 0 Å². The minimum Gasteiger partial charge on any atom is -0.325 e. The highest BCUT2D eigenvalue weighted by molar-refractivity contribution is 9.10. The highest BCUT2D eigenvalue weighted by Crippen LogP contribution is 2.20. The smallest absolute Gasteiger partial charge is 0.238 e. The van der Waals surface area contributed by atoms with Gasteiger partial charge in [-0.05, 0) is 59.2 Å². The van der Waals surface area contributed by atoms with Crippen LogP contribution in [0.15, 0.2) is 53.0 Å². The van der Waals surface area contributed by atoms with Crippen LogP contribution in [0.2, 0.25) is 0 Å². The SMILES string of the molecule is CCc1ccc(NC(=O)CN(C)CC(=O)Nc2ccccc2Br)cc1. The fraction of sp³-hybridized carbons (Fsp3) is 0.263. The number of hydrogen-bond donors (Lipinski definition) is 2. The predicted octanol–water partition coefficient (Wildman–Crippen LogP) is 3.52. The molecule has 2 aromatic rings. The molecule has 2 rings (SSSR count). The zero-order valence-electron chi connectivity index (χ0n) is 14.4. The lowest BCUT2D eigenvalue weighted by atomic mass is 10.1. The Hall–Kier alpha value is -2.18. The quantitative estimate of drug-likeness (QED) is 0.743. The molecule has 5 nitrogen and oxygen atoms in total. The van der Waals surface area contributed by atoms with E-state index in [1.165, 1.54) is 5.56 Å². The van der Waals surface area contributed by atoms with Gasteiger partial charge in [-0.3, -0.25) is 14.5 Å².